The van der Waals surface area contributed by atoms with E-state index in [1.807, 2.05) is 6.07 Å². The van der Waals surface area contributed by atoms with Crippen LogP contribution in [0.5, 0.6) is 0 Å². The molecule has 0 fully saturated rings. The Hall–Kier alpha value is -1.82. The Morgan fingerprint density at radius 2 is 1.38 bits per heavy atom. The van der Waals surface area contributed by atoms with E-state index in [2.05, 4.69) is 68.5 Å². The van der Waals surface area contributed by atoms with E-state index in [9.17, 15) is 0 Å². The molecule has 0 spiro atoms. The van der Waals surface area contributed by atoms with Gasteiger partial charge >= 0.3 is 0 Å². The van der Waals surface area contributed by atoms with Crippen molar-refractivity contribution in [1.82, 2.24) is 0 Å². The van der Waals surface area contributed by atoms with Crippen molar-refractivity contribution in [1.29, 1.82) is 0 Å². The maximum Gasteiger partial charge on any atom is -0.0178 e. The van der Waals surface area contributed by atoms with Gasteiger partial charge in [0.25, 0.3) is 0 Å². The molecule has 0 heterocycles. The fourth-order valence-corrected chi connectivity index (χ4v) is 1.90. The zero-order valence-corrected chi connectivity index (χ0v) is 9.77. The molecule has 0 saturated heterocycles. The molecule has 0 aliphatic carbocycles. The molecule has 0 aromatic heterocycles. The monoisotopic (exact) mass is 208 g/mol. The Balaban J connectivity index is 2.63. The summed E-state index contributed by atoms with van der Waals surface area (Å²) in [5.41, 5.74) is 2.55. The van der Waals surface area contributed by atoms with Crippen molar-refractivity contribution in [3.05, 3.63) is 59.0 Å². The number of benzene rings is 2. The third-order valence-corrected chi connectivity index (χ3v) is 2.82. The lowest BCUT2D eigenvalue weighted by atomic mass is 10.0. The average Bonchev–Trinajstić information content (AvgIpc) is 2.39. The minimum absolute atomic E-state index is 1.27. The Labute approximate surface area is 96.6 Å². The molecular weight excluding hydrogens is 192 g/mol. The summed E-state index contributed by atoms with van der Waals surface area (Å²) in [7, 11) is 0. The largest absolute Gasteiger partial charge is 0.0798 e. The van der Waals surface area contributed by atoms with Crippen LogP contribution < -0.4 is 10.4 Å². The van der Waals surface area contributed by atoms with Crippen LogP contribution in [0.15, 0.2) is 48.5 Å². The average molecular weight is 208 g/mol. The van der Waals surface area contributed by atoms with Gasteiger partial charge in [0.05, 0.1) is 0 Å². The molecule has 0 N–H and O–H groups in total. The summed E-state index contributed by atoms with van der Waals surface area (Å²) in [6.07, 6.45) is 4.30. The Bertz CT molecular complexity index is 577. The van der Waals surface area contributed by atoms with Crippen molar-refractivity contribution in [3.8, 4) is 11.1 Å². The second-order valence-electron chi connectivity index (χ2n) is 3.79. The van der Waals surface area contributed by atoms with Crippen LogP contribution in [0.1, 0.15) is 13.8 Å². The minimum Gasteiger partial charge on any atom is -0.0798 e. The molecule has 2 aromatic carbocycles. The topological polar surface area (TPSA) is 0 Å². The van der Waals surface area contributed by atoms with Crippen molar-refractivity contribution < 1.29 is 0 Å². The summed E-state index contributed by atoms with van der Waals surface area (Å²) in [5.74, 6) is 0. The van der Waals surface area contributed by atoms with Crippen molar-refractivity contribution in [3.63, 3.8) is 0 Å². The van der Waals surface area contributed by atoms with Gasteiger partial charge in [-0.3, -0.25) is 0 Å². The maximum absolute atomic E-state index is 2.24. The first-order valence-corrected chi connectivity index (χ1v) is 5.63. The quantitative estimate of drug-likeness (QED) is 0.676. The summed E-state index contributed by atoms with van der Waals surface area (Å²) in [6, 6.07) is 17.1. The summed E-state index contributed by atoms with van der Waals surface area (Å²) >= 11 is 0. The van der Waals surface area contributed by atoms with Crippen LogP contribution in [0.2, 0.25) is 0 Å². The summed E-state index contributed by atoms with van der Waals surface area (Å²) < 4.78 is 0. The highest BCUT2D eigenvalue weighted by molar-refractivity contribution is 5.63. The third-order valence-electron chi connectivity index (χ3n) is 2.82. The van der Waals surface area contributed by atoms with E-state index in [0.717, 1.165) is 0 Å². The highest BCUT2D eigenvalue weighted by atomic mass is 14.0. The molecule has 16 heavy (non-hydrogen) atoms. The molecule has 0 amide bonds. The fraction of sp³-hybridized carbons (Fsp3) is 0.125. The molecule has 0 saturated carbocycles. The molecule has 0 bridgehead atoms. The maximum atomic E-state index is 2.24. The molecule has 2 rings (SSSR count). The Morgan fingerprint density at radius 3 is 2.00 bits per heavy atom. The number of hydrogen-bond acceptors (Lipinski definition) is 0. The van der Waals surface area contributed by atoms with Gasteiger partial charge in [0.15, 0.2) is 0 Å². The van der Waals surface area contributed by atoms with E-state index in [-0.39, 0.29) is 0 Å². The SMILES string of the molecule is C/C=c1/ccc(-c2ccccc2)c/c1=C/C. The van der Waals surface area contributed by atoms with Crippen molar-refractivity contribution in [2.24, 2.45) is 0 Å². The first kappa shape index (κ1) is 10.7. The normalized spacial score (nSPS) is 13.1. The van der Waals surface area contributed by atoms with E-state index in [1.165, 1.54) is 21.6 Å². The Morgan fingerprint density at radius 1 is 0.688 bits per heavy atom. The van der Waals surface area contributed by atoms with Crippen molar-refractivity contribution >= 4 is 12.2 Å². The summed E-state index contributed by atoms with van der Waals surface area (Å²) in [6.45, 7) is 4.15. The lowest BCUT2D eigenvalue weighted by Crippen LogP contribution is -2.23. The van der Waals surface area contributed by atoms with Gasteiger partial charge in [-0.05, 0) is 41.5 Å². The van der Waals surface area contributed by atoms with Gasteiger partial charge in [-0.25, -0.2) is 0 Å². The molecule has 80 valence electrons. The van der Waals surface area contributed by atoms with Crippen molar-refractivity contribution in [2.45, 2.75) is 13.8 Å². The molecular formula is C16H16. The van der Waals surface area contributed by atoms with Gasteiger partial charge in [-0.1, -0.05) is 54.6 Å². The lowest BCUT2D eigenvalue weighted by molar-refractivity contribution is 1.48. The molecule has 2 aromatic rings. The molecule has 0 unspecified atom stereocenters. The summed E-state index contributed by atoms with van der Waals surface area (Å²) in [5, 5.41) is 2.59. The first-order chi connectivity index (χ1) is 7.85. The predicted molar refractivity (Wildman–Crippen MR) is 71.4 cm³/mol. The third kappa shape index (κ3) is 2.06. The van der Waals surface area contributed by atoms with Crippen LogP contribution in [0.25, 0.3) is 23.3 Å². The Kier molecular flexibility index (Phi) is 3.21. The minimum atomic E-state index is 1.27. The number of rotatable bonds is 1. The predicted octanol–water partition coefficient (Wildman–Crippen LogP) is 2.95. The van der Waals surface area contributed by atoms with Crippen LogP contribution in [-0.4, -0.2) is 0 Å². The smallest absolute Gasteiger partial charge is 0.0178 e. The standard InChI is InChI=1S/C16H16/c1-3-13-10-11-16(12-14(13)4-2)15-8-6-5-7-9-15/h3-12H,1-2H3/b13-3-,14-4-. The second-order valence-corrected chi connectivity index (χ2v) is 3.79. The first-order valence-electron chi connectivity index (χ1n) is 5.63. The van der Waals surface area contributed by atoms with Crippen LogP contribution in [0, 0.1) is 0 Å². The highest BCUT2D eigenvalue weighted by Crippen LogP contribution is 2.15. The van der Waals surface area contributed by atoms with Gasteiger partial charge in [-0.15, -0.1) is 0 Å². The van der Waals surface area contributed by atoms with E-state index < -0.39 is 0 Å². The molecule has 0 radical (unpaired) electrons. The highest BCUT2D eigenvalue weighted by Gasteiger charge is 1.95. The zero-order valence-electron chi connectivity index (χ0n) is 9.77. The van der Waals surface area contributed by atoms with E-state index in [0.29, 0.717) is 0 Å². The van der Waals surface area contributed by atoms with Gasteiger partial charge in [-0.2, -0.15) is 0 Å². The van der Waals surface area contributed by atoms with E-state index >= 15 is 0 Å². The molecule has 0 heteroatoms. The molecule has 0 atom stereocenters. The van der Waals surface area contributed by atoms with Crippen LogP contribution in [0.4, 0.5) is 0 Å². The zero-order chi connectivity index (χ0) is 11.4. The lowest BCUT2D eigenvalue weighted by Gasteiger charge is -2.01. The van der Waals surface area contributed by atoms with E-state index in [1.54, 1.807) is 0 Å². The molecule has 0 aliphatic heterocycles. The molecule has 0 nitrogen and oxygen atoms in total. The second kappa shape index (κ2) is 4.80. The molecule has 0 aliphatic rings. The van der Waals surface area contributed by atoms with Gasteiger partial charge in [0.1, 0.15) is 0 Å². The van der Waals surface area contributed by atoms with Crippen LogP contribution >= 0.6 is 0 Å². The van der Waals surface area contributed by atoms with Gasteiger partial charge in [0, 0.05) is 0 Å². The fourth-order valence-electron chi connectivity index (χ4n) is 1.90. The van der Waals surface area contributed by atoms with Crippen LogP contribution in [0.3, 0.4) is 0 Å². The van der Waals surface area contributed by atoms with Gasteiger partial charge in [0.2, 0.25) is 0 Å². The number of hydrogen-bond donors (Lipinski definition) is 0. The van der Waals surface area contributed by atoms with Crippen molar-refractivity contribution in [2.75, 3.05) is 0 Å². The van der Waals surface area contributed by atoms with Gasteiger partial charge < -0.3 is 0 Å². The van der Waals surface area contributed by atoms with E-state index in [4.69, 9.17) is 0 Å². The van der Waals surface area contributed by atoms with Crippen LogP contribution in [-0.2, 0) is 0 Å². The summed E-state index contributed by atoms with van der Waals surface area (Å²) in [4.78, 5) is 0.